The second-order valence-corrected chi connectivity index (χ2v) is 7.72. The quantitative estimate of drug-likeness (QED) is 0.320. The molecular formula is C24H22ClNO4S. The van der Waals surface area contributed by atoms with Gasteiger partial charge in [0.15, 0.2) is 0 Å². The van der Waals surface area contributed by atoms with Crippen LogP contribution in [-0.2, 0) is 9.53 Å². The molecule has 160 valence electrons. The Morgan fingerprint density at radius 1 is 1.03 bits per heavy atom. The van der Waals surface area contributed by atoms with Gasteiger partial charge in [0.1, 0.15) is 16.3 Å². The summed E-state index contributed by atoms with van der Waals surface area (Å²) in [6, 6.07) is 14.6. The number of anilines is 1. The van der Waals surface area contributed by atoms with Crippen molar-refractivity contribution >= 4 is 45.9 Å². The van der Waals surface area contributed by atoms with Gasteiger partial charge in [-0.1, -0.05) is 35.9 Å². The van der Waals surface area contributed by atoms with Crippen molar-refractivity contribution in [1.29, 1.82) is 0 Å². The van der Waals surface area contributed by atoms with Gasteiger partial charge in [0.05, 0.1) is 13.2 Å². The van der Waals surface area contributed by atoms with Crippen LogP contribution in [0.15, 0.2) is 60.0 Å². The third-order valence-electron chi connectivity index (χ3n) is 4.28. The van der Waals surface area contributed by atoms with Crippen LogP contribution in [0.3, 0.4) is 0 Å². The average molecular weight is 456 g/mol. The first-order valence-electron chi connectivity index (χ1n) is 9.78. The summed E-state index contributed by atoms with van der Waals surface area (Å²) in [7, 11) is 0. The van der Waals surface area contributed by atoms with E-state index in [4.69, 9.17) is 21.1 Å². The van der Waals surface area contributed by atoms with E-state index in [1.807, 2.05) is 48.7 Å². The van der Waals surface area contributed by atoms with Gasteiger partial charge in [-0.3, -0.25) is 4.79 Å². The zero-order valence-corrected chi connectivity index (χ0v) is 18.8. The van der Waals surface area contributed by atoms with Crippen molar-refractivity contribution in [2.75, 3.05) is 18.5 Å². The van der Waals surface area contributed by atoms with Crippen molar-refractivity contribution in [2.45, 2.75) is 13.8 Å². The summed E-state index contributed by atoms with van der Waals surface area (Å²) in [6.07, 6.45) is 3.12. The lowest BCUT2D eigenvalue weighted by atomic mass is 10.0. The Morgan fingerprint density at radius 3 is 2.39 bits per heavy atom. The summed E-state index contributed by atoms with van der Waals surface area (Å²) in [5, 5.41) is 5.65. The van der Waals surface area contributed by atoms with Gasteiger partial charge in [-0.25, -0.2) is 4.79 Å². The first-order valence-corrected chi connectivity index (χ1v) is 11.0. The van der Waals surface area contributed by atoms with E-state index in [0.717, 1.165) is 16.9 Å². The van der Waals surface area contributed by atoms with Crippen LogP contribution < -0.4 is 10.1 Å². The molecule has 7 heteroatoms. The van der Waals surface area contributed by atoms with Crippen LogP contribution in [0, 0.1) is 0 Å². The molecule has 1 amide bonds. The SMILES string of the molecule is CCOC(=O)c1c(-c2ccc(Cl)cc2)csc1NC(=O)/C=C/c1ccc(OCC)cc1. The maximum Gasteiger partial charge on any atom is 0.341 e. The molecule has 0 saturated heterocycles. The minimum absolute atomic E-state index is 0.236. The zero-order chi connectivity index (χ0) is 22.2. The highest BCUT2D eigenvalue weighted by Gasteiger charge is 2.22. The Balaban J connectivity index is 1.80. The maximum atomic E-state index is 12.6. The average Bonchev–Trinajstić information content (AvgIpc) is 3.17. The van der Waals surface area contributed by atoms with Gasteiger partial charge >= 0.3 is 5.97 Å². The minimum Gasteiger partial charge on any atom is -0.494 e. The largest absolute Gasteiger partial charge is 0.494 e. The van der Waals surface area contributed by atoms with Gasteiger partial charge in [-0.2, -0.15) is 0 Å². The van der Waals surface area contributed by atoms with Crippen molar-refractivity contribution in [3.05, 3.63) is 76.1 Å². The predicted octanol–water partition coefficient (Wildman–Crippen LogP) is 6.30. The van der Waals surface area contributed by atoms with Crippen LogP contribution in [0.4, 0.5) is 5.00 Å². The molecule has 0 atom stereocenters. The third-order valence-corrected chi connectivity index (χ3v) is 5.43. The normalized spacial score (nSPS) is 10.8. The highest BCUT2D eigenvalue weighted by molar-refractivity contribution is 7.15. The molecule has 0 fully saturated rings. The van der Waals surface area contributed by atoms with E-state index in [1.165, 1.54) is 17.4 Å². The molecule has 1 aromatic heterocycles. The number of esters is 1. The monoisotopic (exact) mass is 455 g/mol. The Hall–Kier alpha value is -3.09. The molecule has 0 bridgehead atoms. The van der Waals surface area contributed by atoms with Crippen LogP contribution in [0.1, 0.15) is 29.8 Å². The number of hydrogen-bond donors (Lipinski definition) is 1. The smallest absolute Gasteiger partial charge is 0.341 e. The van der Waals surface area contributed by atoms with Gasteiger partial charge in [-0.05, 0) is 55.3 Å². The van der Waals surface area contributed by atoms with Crippen molar-refractivity contribution in [1.82, 2.24) is 0 Å². The number of hydrogen-bond acceptors (Lipinski definition) is 5. The molecule has 5 nitrogen and oxygen atoms in total. The molecular weight excluding hydrogens is 434 g/mol. The molecule has 1 heterocycles. The van der Waals surface area contributed by atoms with Gasteiger partial charge in [0.25, 0.3) is 0 Å². The van der Waals surface area contributed by atoms with Gasteiger partial charge in [0, 0.05) is 22.0 Å². The van der Waals surface area contributed by atoms with E-state index in [2.05, 4.69) is 5.32 Å². The van der Waals surface area contributed by atoms with Gasteiger partial charge in [0.2, 0.25) is 5.91 Å². The topological polar surface area (TPSA) is 64.6 Å². The second-order valence-electron chi connectivity index (χ2n) is 6.41. The molecule has 0 saturated carbocycles. The predicted molar refractivity (Wildman–Crippen MR) is 126 cm³/mol. The first kappa shape index (κ1) is 22.6. The lowest BCUT2D eigenvalue weighted by Gasteiger charge is -2.08. The van der Waals surface area contributed by atoms with E-state index in [0.29, 0.717) is 27.8 Å². The summed E-state index contributed by atoms with van der Waals surface area (Å²) in [5.74, 6) is -0.0556. The van der Waals surface area contributed by atoms with Gasteiger partial charge in [-0.15, -0.1) is 11.3 Å². The van der Waals surface area contributed by atoms with Crippen molar-refractivity contribution in [2.24, 2.45) is 0 Å². The number of benzene rings is 2. The number of amides is 1. The fourth-order valence-corrected chi connectivity index (χ4v) is 3.95. The van der Waals surface area contributed by atoms with E-state index in [-0.39, 0.29) is 12.5 Å². The summed E-state index contributed by atoms with van der Waals surface area (Å²) >= 11 is 7.24. The summed E-state index contributed by atoms with van der Waals surface area (Å²) in [5.41, 5.74) is 2.69. The molecule has 0 spiro atoms. The summed E-state index contributed by atoms with van der Waals surface area (Å²) < 4.78 is 10.6. The Bertz CT molecular complexity index is 1070. The van der Waals surface area contributed by atoms with Crippen molar-refractivity contribution in [3.8, 4) is 16.9 Å². The lowest BCUT2D eigenvalue weighted by Crippen LogP contribution is -2.12. The number of thiophene rings is 1. The van der Waals surface area contributed by atoms with Crippen LogP contribution in [0.2, 0.25) is 5.02 Å². The number of ether oxygens (including phenoxy) is 2. The molecule has 0 aliphatic heterocycles. The molecule has 3 rings (SSSR count). The molecule has 31 heavy (non-hydrogen) atoms. The minimum atomic E-state index is -0.487. The summed E-state index contributed by atoms with van der Waals surface area (Å²) in [4.78, 5) is 25.1. The first-order chi connectivity index (χ1) is 15.0. The molecule has 0 aliphatic carbocycles. The summed E-state index contributed by atoms with van der Waals surface area (Å²) in [6.45, 7) is 4.49. The van der Waals surface area contributed by atoms with Crippen LogP contribution in [0.5, 0.6) is 5.75 Å². The van der Waals surface area contributed by atoms with E-state index < -0.39 is 5.97 Å². The van der Waals surface area contributed by atoms with Gasteiger partial charge < -0.3 is 14.8 Å². The molecule has 1 N–H and O–H groups in total. The number of carbonyl (C=O) groups excluding carboxylic acids is 2. The van der Waals surface area contributed by atoms with Crippen LogP contribution in [0.25, 0.3) is 17.2 Å². The molecule has 2 aromatic carbocycles. The highest BCUT2D eigenvalue weighted by Crippen LogP contribution is 2.36. The van der Waals surface area contributed by atoms with E-state index in [9.17, 15) is 9.59 Å². The fraction of sp³-hybridized carbons (Fsp3) is 0.167. The van der Waals surface area contributed by atoms with E-state index in [1.54, 1.807) is 25.1 Å². The zero-order valence-electron chi connectivity index (χ0n) is 17.2. The molecule has 0 aliphatic rings. The fourth-order valence-electron chi connectivity index (χ4n) is 2.87. The molecule has 0 unspecified atom stereocenters. The molecule has 0 radical (unpaired) electrons. The standard InChI is InChI=1S/C24H22ClNO4S/c1-3-29-19-12-5-16(6-13-19)7-14-21(27)26-23-22(24(28)30-4-2)20(15-31-23)17-8-10-18(25)11-9-17/h5-15H,3-4H2,1-2H3,(H,26,27)/b14-7+. The van der Waals surface area contributed by atoms with Crippen molar-refractivity contribution in [3.63, 3.8) is 0 Å². The Morgan fingerprint density at radius 2 is 1.74 bits per heavy atom. The second kappa shape index (κ2) is 10.8. The number of nitrogens with one attached hydrogen (secondary N) is 1. The number of halogens is 1. The highest BCUT2D eigenvalue weighted by atomic mass is 35.5. The van der Waals surface area contributed by atoms with Crippen LogP contribution >= 0.6 is 22.9 Å². The maximum absolute atomic E-state index is 12.6. The third kappa shape index (κ3) is 5.96. The number of carbonyl (C=O) groups is 2. The Labute approximate surface area is 190 Å². The lowest BCUT2D eigenvalue weighted by molar-refractivity contribution is -0.111. The van der Waals surface area contributed by atoms with Crippen molar-refractivity contribution < 1.29 is 19.1 Å². The Kier molecular flexibility index (Phi) is 7.87. The number of rotatable bonds is 8. The van der Waals surface area contributed by atoms with E-state index >= 15 is 0 Å². The van der Waals surface area contributed by atoms with Crippen LogP contribution in [-0.4, -0.2) is 25.1 Å². The molecule has 3 aromatic rings.